The number of rotatable bonds is 10. The van der Waals surface area contributed by atoms with Gasteiger partial charge in [-0.05, 0) is 114 Å². The number of pyridine rings is 2. The zero-order chi connectivity index (χ0) is 45.2. The van der Waals surface area contributed by atoms with Gasteiger partial charge in [0.05, 0.1) is 41.0 Å². The summed E-state index contributed by atoms with van der Waals surface area (Å²) in [6, 6.07) is 31.6. The zero-order valence-corrected chi connectivity index (χ0v) is 36.8. The van der Waals surface area contributed by atoms with Gasteiger partial charge in [0, 0.05) is 60.1 Å². The van der Waals surface area contributed by atoms with Crippen molar-refractivity contribution in [3.63, 3.8) is 0 Å². The van der Waals surface area contributed by atoms with Gasteiger partial charge >= 0.3 is 11.9 Å². The Hall–Kier alpha value is -7.88. The molecule has 4 atom stereocenters. The maximum Gasteiger partial charge on any atom is 0.337 e. The molecule has 2 fully saturated rings. The molecule has 0 spiro atoms. The molecule has 8 heterocycles. The number of carboxylic acid groups (broad SMARTS) is 1. The molecular formula is C49H50N12O4. The van der Waals surface area contributed by atoms with Crippen molar-refractivity contribution in [3.8, 4) is 22.5 Å². The minimum Gasteiger partial charge on any atom is -0.478 e. The summed E-state index contributed by atoms with van der Waals surface area (Å²) in [4.78, 5) is 46.8. The number of anilines is 6. The standard InChI is InChI=1S/C25H26N6O2.C24H24N6O2/c1-16-10-11-17(2)31(16)23-9-5-8-22(28-23)27-21-15-20(29-30-13-12-26-24(21)30)18-6-4-7-19(14-18)25(32)33-3;1-15-9-10-16(2)30(15)22-8-4-7-21(27-22)26-20-14-19(28-29-12-11-25-23(20)29)17-5-3-6-18(13-17)24(31)32/h4-9,12-17H,10-11H2,1-3H3,(H,27,28);3-8,11-16H,9-10H2,1-2H3,(H,26,27)(H,31,32). The van der Waals surface area contributed by atoms with Crippen molar-refractivity contribution in [2.24, 2.45) is 0 Å². The van der Waals surface area contributed by atoms with Crippen LogP contribution in [0.2, 0.25) is 0 Å². The van der Waals surface area contributed by atoms with Gasteiger partial charge < -0.3 is 30.3 Å². The van der Waals surface area contributed by atoms with Crippen LogP contribution in [-0.4, -0.2) is 87.5 Å². The fourth-order valence-electron chi connectivity index (χ4n) is 8.88. The van der Waals surface area contributed by atoms with Crippen molar-refractivity contribution in [1.29, 1.82) is 0 Å². The first kappa shape index (κ1) is 42.4. The maximum atomic E-state index is 12.0. The molecule has 16 nitrogen and oxygen atoms in total. The highest BCUT2D eigenvalue weighted by molar-refractivity contribution is 5.91. The number of fused-ring (bicyclic) bond motifs is 2. The number of benzene rings is 2. The molecule has 330 valence electrons. The molecule has 2 aliphatic rings. The van der Waals surface area contributed by atoms with E-state index in [9.17, 15) is 14.7 Å². The second-order valence-electron chi connectivity index (χ2n) is 16.6. The molecule has 4 unspecified atom stereocenters. The summed E-state index contributed by atoms with van der Waals surface area (Å²) < 4.78 is 8.26. The van der Waals surface area contributed by atoms with Crippen LogP contribution >= 0.6 is 0 Å². The highest BCUT2D eigenvalue weighted by Crippen LogP contribution is 2.33. The summed E-state index contributed by atoms with van der Waals surface area (Å²) >= 11 is 0. The molecule has 2 saturated heterocycles. The van der Waals surface area contributed by atoms with Crippen LogP contribution in [0.15, 0.2) is 122 Å². The molecule has 65 heavy (non-hydrogen) atoms. The van der Waals surface area contributed by atoms with Gasteiger partial charge in [0.1, 0.15) is 23.3 Å². The van der Waals surface area contributed by atoms with E-state index in [0.717, 1.165) is 40.2 Å². The third-order valence-electron chi connectivity index (χ3n) is 12.1. The number of imidazole rings is 2. The maximum absolute atomic E-state index is 12.0. The van der Waals surface area contributed by atoms with Gasteiger partial charge in [-0.3, -0.25) is 0 Å². The molecule has 2 aromatic carbocycles. The molecule has 16 heteroatoms. The Morgan fingerprint density at radius 2 is 1.03 bits per heavy atom. The monoisotopic (exact) mass is 870 g/mol. The van der Waals surface area contributed by atoms with E-state index in [1.165, 1.54) is 32.8 Å². The number of nitrogens with zero attached hydrogens (tertiary/aromatic N) is 10. The number of carbonyl (C=O) groups excluding carboxylic acids is 1. The van der Waals surface area contributed by atoms with Crippen LogP contribution in [0.1, 0.15) is 74.1 Å². The highest BCUT2D eigenvalue weighted by Gasteiger charge is 2.29. The van der Waals surface area contributed by atoms with E-state index in [1.807, 2.05) is 60.7 Å². The van der Waals surface area contributed by atoms with Crippen molar-refractivity contribution in [2.45, 2.75) is 77.5 Å². The number of ether oxygens (including phenoxy) is 1. The number of methoxy groups -OCH3 is 1. The molecule has 3 N–H and O–H groups in total. The summed E-state index contributed by atoms with van der Waals surface area (Å²) in [7, 11) is 1.37. The van der Waals surface area contributed by atoms with Crippen LogP contribution in [-0.2, 0) is 4.74 Å². The van der Waals surface area contributed by atoms with Crippen molar-refractivity contribution < 1.29 is 19.4 Å². The third kappa shape index (κ3) is 8.87. The number of hydrogen-bond acceptors (Lipinski definition) is 13. The first-order valence-corrected chi connectivity index (χ1v) is 21.8. The Balaban J connectivity index is 0.000000164. The fourth-order valence-corrected chi connectivity index (χ4v) is 8.88. The van der Waals surface area contributed by atoms with Gasteiger partial charge in [0.15, 0.2) is 11.3 Å². The Morgan fingerprint density at radius 3 is 1.48 bits per heavy atom. The molecule has 2 aliphatic heterocycles. The van der Waals surface area contributed by atoms with E-state index in [4.69, 9.17) is 14.7 Å². The molecule has 6 aromatic heterocycles. The van der Waals surface area contributed by atoms with Gasteiger partial charge in [-0.1, -0.05) is 36.4 Å². The number of esters is 1. The number of hydrogen-bond donors (Lipinski definition) is 3. The lowest BCUT2D eigenvalue weighted by atomic mass is 10.1. The van der Waals surface area contributed by atoms with Crippen LogP contribution < -0.4 is 20.4 Å². The summed E-state index contributed by atoms with van der Waals surface area (Å²) in [6.07, 6.45) is 11.6. The second kappa shape index (κ2) is 18.1. The largest absolute Gasteiger partial charge is 0.478 e. The average Bonchev–Trinajstić information content (AvgIpc) is 4.14. The number of nitrogens with one attached hydrogen (secondary N) is 2. The first-order valence-electron chi connectivity index (χ1n) is 21.8. The highest BCUT2D eigenvalue weighted by atomic mass is 16.5. The topological polar surface area (TPSA) is 180 Å². The Kier molecular flexibility index (Phi) is 11.8. The van der Waals surface area contributed by atoms with Gasteiger partial charge in [0.25, 0.3) is 0 Å². The molecule has 0 amide bonds. The van der Waals surface area contributed by atoms with Crippen molar-refractivity contribution in [3.05, 3.63) is 133 Å². The summed E-state index contributed by atoms with van der Waals surface area (Å²) in [6.45, 7) is 8.97. The van der Waals surface area contributed by atoms with Gasteiger partial charge in [-0.25, -0.2) is 38.6 Å². The lowest BCUT2D eigenvalue weighted by Crippen LogP contribution is -2.33. The number of carbonyl (C=O) groups is 2. The number of carboxylic acids is 1. The van der Waals surface area contributed by atoms with E-state index in [1.54, 1.807) is 64.2 Å². The minimum atomic E-state index is -0.972. The van der Waals surface area contributed by atoms with E-state index >= 15 is 0 Å². The Bertz CT molecular complexity index is 3000. The van der Waals surface area contributed by atoms with Crippen molar-refractivity contribution in [1.82, 2.24) is 39.2 Å². The quantitative estimate of drug-likeness (QED) is 0.111. The van der Waals surface area contributed by atoms with Crippen LogP contribution in [0.5, 0.6) is 0 Å². The molecule has 10 rings (SSSR count). The van der Waals surface area contributed by atoms with Gasteiger partial charge in [-0.15, -0.1) is 0 Å². The van der Waals surface area contributed by atoms with E-state index in [-0.39, 0.29) is 11.5 Å². The average molecular weight is 871 g/mol. The fraction of sp³-hybridized carbons (Fsp3) is 0.265. The van der Waals surface area contributed by atoms with Gasteiger partial charge in [0.2, 0.25) is 0 Å². The summed E-state index contributed by atoms with van der Waals surface area (Å²) in [5.41, 5.74) is 6.42. The van der Waals surface area contributed by atoms with Crippen LogP contribution in [0.25, 0.3) is 33.8 Å². The summed E-state index contributed by atoms with van der Waals surface area (Å²) in [5.74, 6) is 2.03. The minimum absolute atomic E-state index is 0.216. The number of aromatic carboxylic acids is 1. The molecule has 0 radical (unpaired) electrons. The molecule has 0 aliphatic carbocycles. The van der Waals surface area contributed by atoms with Crippen LogP contribution in [0, 0.1) is 0 Å². The lowest BCUT2D eigenvalue weighted by molar-refractivity contribution is 0.0599. The SMILES string of the molecule is CC1CCC(C)N1c1cccc(Nc2cc(-c3cccc(C(=O)O)c3)nn3ccnc23)n1.COC(=O)c1cccc(-c2cc(Nc3cccc(N4C(C)CCC4C)n3)c3nccn3n2)c1. The lowest BCUT2D eigenvalue weighted by Gasteiger charge is -2.27. The summed E-state index contributed by atoms with van der Waals surface area (Å²) in [5, 5.41) is 25.4. The molecule has 8 aromatic rings. The number of aromatic nitrogens is 8. The Morgan fingerprint density at radius 1 is 0.600 bits per heavy atom. The van der Waals surface area contributed by atoms with Crippen LogP contribution in [0.3, 0.4) is 0 Å². The van der Waals surface area contributed by atoms with E-state index in [0.29, 0.717) is 58.0 Å². The molecular weight excluding hydrogens is 821 g/mol. The molecule has 0 saturated carbocycles. The first-order chi connectivity index (χ1) is 31.5. The predicted molar refractivity (Wildman–Crippen MR) is 251 cm³/mol. The second-order valence-corrected chi connectivity index (χ2v) is 16.6. The third-order valence-corrected chi connectivity index (χ3v) is 12.1. The van der Waals surface area contributed by atoms with Crippen LogP contribution in [0.4, 0.5) is 34.6 Å². The predicted octanol–water partition coefficient (Wildman–Crippen LogP) is 9.31. The molecule has 0 bridgehead atoms. The normalized spacial score (nSPS) is 18.1. The zero-order valence-electron chi connectivity index (χ0n) is 36.8. The van der Waals surface area contributed by atoms with Crippen molar-refractivity contribution in [2.75, 3.05) is 27.5 Å². The van der Waals surface area contributed by atoms with Crippen molar-refractivity contribution >= 4 is 57.9 Å². The van der Waals surface area contributed by atoms with E-state index < -0.39 is 5.97 Å². The van der Waals surface area contributed by atoms with Gasteiger partial charge in [-0.2, -0.15) is 10.2 Å². The Labute approximate surface area is 376 Å². The smallest absolute Gasteiger partial charge is 0.337 e. The van der Waals surface area contributed by atoms with E-state index in [2.05, 4.69) is 74.4 Å².